The van der Waals surface area contributed by atoms with Crippen molar-refractivity contribution in [2.45, 2.75) is 0 Å². The highest BCUT2D eigenvalue weighted by atomic mass is 16.1. The molecule has 2 aromatic carbocycles. The number of nitrogens with zero attached hydrogens (tertiary/aromatic N) is 8. The van der Waals surface area contributed by atoms with Gasteiger partial charge < -0.3 is 4.57 Å². The smallest absolute Gasteiger partial charge is 0.265 e. The van der Waals surface area contributed by atoms with E-state index in [1.165, 1.54) is 10.6 Å². The van der Waals surface area contributed by atoms with Crippen molar-refractivity contribution in [1.29, 1.82) is 21.0 Å². The summed E-state index contributed by atoms with van der Waals surface area (Å²) in [6.07, 6.45) is 0.638. The summed E-state index contributed by atoms with van der Waals surface area (Å²) in [6, 6.07) is 13.8. The van der Waals surface area contributed by atoms with Gasteiger partial charge in [-0.3, -0.25) is 9.59 Å². The van der Waals surface area contributed by atoms with E-state index in [4.69, 9.17) is 0 Å². The SMILES string of the molecule is Cn1c(-c2ccc3c(=O)n4c(C#N)c(C#N)nc4c4ccc(C=O)c2c34)nc(C#N)c1C#N. The Kier molecular flexibility index (Phi) is 3.95. The van der Waals surface area contributed by atoms with Crippen molar-refractivity contribution in [3.05, 3.63) is 63.0 Å². The maximum Gasteiger partial charge on any atom is 0.265 e. The van der Waals surface area contributed by atoms with E-state index in [0.717, 1.165) is 4.40 Å². The quantitative estimate of drug-likeness (QED) is 0.386. The number of aromatic nitrogens is 4. The zero-order valence-corrected chi connectivity index (χ0v) is 16.8. The van der Waals surface area contributed by atoms with Crippen molar-refractivity contribution in [3.8, 4) is 35.7 Å². The Labute approximate surface area is 184 Å². The monoisotopic (exact) mass is 428 g/mol. The minimum absolute atomic E-state index is 0.0598. The second-order valence-electron chi connectivity index (χ2n) is 7.14. The first kappa shape index (κ1) is 19.4. The van der Waals surface area contributed by atoms with Crippen LogP contribution >= 0.6 is 0 Å². The fraction of sp³-hybridized carbons (Fsp3) is 0.0435. The molecule has 0 aliphatic carbocycles. The maximum atomic E-state index is 13.3. The predicted molar refractivity (Wildman–Crippen MR) is 114 cm³/mol. The van der Waals surface area contributed by atoms with Crippen molar-refractivity contribution < 1.29 is 4.79 Å². The number of fused-ring (bicyclic) bond motifs is 2. The van der Waals surface area contributed by atoms with Crippen molar-refractivity contribution in [2.24, 2.45) is 7.05 Å². The molecule has 0 radical (unpaired) electrons. The van der Waals surface area contributed by atoms with Gasteiger partial charge in [0.15, 0.2) is 29.1 Å². The number of rotatable bonds is 2. The zero-order valence-electron chi connectivity index (χ0n) is 16.8. The molecule has 0 fully saturated rings. The molecule has 152 valence electrons. The zero-order chi connectivity index (χ0) is 23.4. The van der Waals surface area contributed by atoms with Gasteiger partial charge in [0.05, 0.1) is 0 Å². The van der Waals surface area contributed by atoms with Crippen LogP contribution in [0.5, 0.6) is 0 Å². The summed E-state index contributed by atoms with van der Waals surface area (Å²) in [5.74, 6) is 0.270. The van der Waals surface area contributed by atoms with Gasteiger partial charge in [-0.05, 0) is 18.2 Å². The molecule has 10 heteroatoms. The Bertz CT molecular complexity index is 1920. The molecule has 0 aliphatic heterocycles. The average molecular weight is 428 g/mol. The Hall–Kier alpha value is -5.58. The largest absolute Gasteiger partial charge is 0.318 e. The van der Waals surface area contributed by atoms with Gasteiger partial charge in [-0.2, -0.15) is 21.0 Å². The van der Waals surface area contributed by atoms with E-state index in [1.807, 2.05) is 24.3 Å². The Morgan fingerprint density at radius 3 is 2.12 bits per heavy atom. The van der Waals surface area contributed by atoms with E-state index < -0.39 is 5.56 Å². The molecule has 10 nitrogen and oxygen atoms in total. The average Bonchev–Trinajstić information content (AvgIpc) is 3.38. The van der Waals surface area contributed by atoms with Crippen LogP contribution in [0.2, 0.25) is 0 Å². The van der Waals surface area contributed by atoms with Gasteiger partial charge in [0.2, 0.25) is 0 Å². The molecule has 0 aliphatic rings. The Balaban J connectivity index is 2.06. The molecule has 3 heterocycles. The van der Waals surface area contributed by atoms with Gasteiger partial charge >= 0.3 is 0 Å². The van der Waals surface area contributed by atoms with Gasteiger partial charge in [-0.1, -0.05) is 6.07 Å². The number of nitriles is 4. The van der Waals surface area contributed by atoms with E-state index in [0.29, 0.717) is 28.0 Å². The lowest BCUT2D eigenvalue weighted by Gasteiger charge is -2.13. The van der Waals surface area contributed by atoms with Crippen molar-refractivity contribution in [3.63, 3.8) is 0 Å². The minimum atomic E-state index is -0.557. The highest BCUT2D eigenvalue weighted by Gasteiger charge is 2.24. The first-order valence-electron chi connectivity index (χ1n) is 9.40. The molecule has 0 saturated heterocycles. The third kappa shape index (κ3) is 2.32. The van der Waals surface area contributed by atoms with E-state index in [9.17, 15) is 30.6 Å². The molecule has 0 spiro atoms. The number of benzene rings is 2. The van der Waals surface area contributed by atoms with Crippen LogP contribution in [0.3, 0.4) is 0 Å². The van der Waals surface area contributed by atoms with Gasteiger partial charge in [0.25, 0.3) is 5.56 Å². The molecular formula is C23H8N8O2. The molecular weight excluding hydrogens is 420 g/mol. The number of aldehydes is 1. The van der Waals surface area contributed by atoms with E-state index in [2.05, 4.69) is 9.97 Å². The summed E-state index contributed by atoms with van der Waals surface area (Å²) in [4.78, 5) is 33.8. The number of pyridine rings is 1. The first-order chi connectivity index (χ1) is 16.0. The summed E-state index contributed by atoms with van der Waals surface area (Å²) in [6.45, 7) is 0. The molecule has 0 atom stereocenters. The first-order valence-corrected chi connectivity index (χ1v) is 9.40. The van der Waals surface area contributed by atoms with Crippen molar-refractivity contribution >= 4 is 33.5 Å². The molecule has 5 aromatic rings. The lowest BCUT2D eigenvalue weighted by Crippen LogP contribution is -2.15. The van der Waals surface area contributed by atoms with Gasteiger partial charge in [-0.15, -0.1) is 0 Å². The summed E-state index contributed by atoms with van der Waals surface area (Å²) < 4.78 is 2.54. The van der Waals surface area contributed by atoms with Crippen LogP contribution in [0.1, 0.15) is 33.1 Å². The Morgan fingerprint density at radius 2 is 1.52 bits per heavy atom. The van der Waals surface area contributed by atoms with E-state index in [-0.39, 0.29) is 45.2 Å². The van der Waals surface area contributed by atoms with Crippen LogP contribution in [0, 0.1) is 45.3 Å². The molecule has 5 rings (SSSR count). The van der Waals surface area contributed by atoms with Crippen LogP contribution in [0.25, 0.3) is 38.6 Å². The third-order valence-corrected chi connectivity index (χ3v) is 5.63. The van der Waals surface area contributed by atoms with Crippen LogP contribution in [0.15, 0.2) is 29.1 Å². The highest BCUT2D eigenvalue weighted by molar-refractivity contribution is 6.22. The number of imidazole rings is 2. The predicted octanol–water partition coefficient (Wildman–Crippen LogP) is 2.14. The van der Waals surface area contributed by atoms with Crippen LogP contribution in [-0.4, -0.2) is 25.2 Å². The number of hydrogen-bond acceptors (Lipinski definition) is 8. The normalized spacial score (nSPS) is 10.7. The van der Waals surface area contributed by atoms with Gasteiger partial charge in [0.1, 0.15) is 35.7 Å². The summed E-state index contributed by atoms with van der Waals surface area (Å²) in [5.41, 5.74) is -0.0827. The molecule has 33 heavy (non-hydrogen) atoms. The fourth-order valence-corrected chi connectivity index (χ4v) is 4.22. The summed E-state index contributed by atoms with van der Waals surface area (Å²) in [5, 5.41) is 39.2. The topological polar surface area (TPSA) is 164 Å². The van der Waals surface area contributed by atoms with Gasteiger partial charge in [-0.25, -0.2) is 14.4 Å². The molecule has 0 saturated carbocycles. The molecule has 0 bridgehead atoms. The highest BCUT2D eigenvalue weighted by Crippen LogP contribution is 2.37. The minimum Gasteiger partial charge on any atom is -0.318 e. The molecule has 3 aromatic heterocycles. The maximum absolute atomic E-state index is 13.3. The molecule has 0 N–H and O–H groups in total. The van der Waals surface area contributed by atoms with E-state index >= 15 is 0 Å². The number of carbonyl (C=O) groups is 1. The number of carbonyl (C=O) groups excluding carboxylic acids is 1. The lowest BCUT2D eigenvalue weighted by atomic mass is 9.94. The standard InChI is InChI=1S/C23H8N8O2/c1-30-17(8-26)15(6-24)28-21(30)12-4-5-14-20-13(3-2-11(10-32)19(12)20)22-29-16(7-25)18(9-27)31(22)23(14)33/h2-5,10H,1H3. The van der Waals surface area contributed by atoms with Gasteiger partial charge in [0, 0.05) is 39.7 Å². The van der Waals surface area contributed by atoms with Crippen LogP contribution in [-0.2, 0) is 7.05 Å². The second kappa shape index (κ2) is 6.72. The second-order valence-corrected chi connectivity index (χ2v) is 7.14. The summed E-state index contributed by atoms with van der Waals surface area (Å²) >= 11 is 0. The Morgan fingerprint density at radius 1 is 0.848 bits per heavy atom. The fourth-order valence-electron chi connectivity index (χ4n) is 4.22. The van der Waals surface area contributed by atoms with Crippen molar-refractivity contribution in [1.82, 2.24) is 18.9 Å². The van der Waals surface area contributed by atoms with Crippen molar-refractivity contribution in [2.75, 3.05) is 0 Å². The lowest BCUT2D eigenvalue weighted by molar-refractivity contribution is 0.112. The molecule has 0 amide bonds. The third-order valence-electron chi connectivity index (χ3n) is 5.63. The number of hydrogen-bond donors (Lipinski definition) is 0. The van der Waals surface area contributed by atoms with E-state index in [1.54, 1.807) is 25.2 Å². The van der Waals surface area contributed by atoms with Crippen LogP contribution in [0.4, 0.5) is 0 Å². The summed E-state index contributed by atoms with van der Waals surface area (Å²) in [7, 11) is 1.58. The molecule has 0 unspecified atom stereocenters. The van der Waals surface area contributed by atoms with Crippen LogP contribution < -0.4 is 5.56 Å².